The lowest BCUT2D eigenvalue weighted by Gasteiger charge is -2.19. The number of nitrogens with zero attached hydrogens (tertiary/aromatic N) is 2. The van der Waals surface area contributed by atoms with Crippen molar-refractivity contribution in [3.8, 4) is 0 Å². The highest BCUT2D eigenvalue weighted by Crippen LogP contribution is 2.38. The zero-order chi connectivity index (χ0) is 21.1. The minimum Gasteiger partial charge on any atom is -0.313 e. The molecule has 1 aliphatic carbocycles. The summed E-state index contributed by atoms with van der Waals surface area (Å²) in [6.45, 7) is 0. The third-order valence-corrected chi connectivity index (χ3v) is 6.77. The van der Waals surface area contributed by atoms with Crippen molar-refractivity contribution in [2.24, 2.45) is 0 Å². The summed E-state index contributed by atoms with van der Waals surface area (Å²) < 4.78 is 4.89. The van der Waals surface area contributed by atoms with E-state index in [4.69, 9.17) is 0 Å². The van der Waals surface area contributed by atoms with Gasteiger partial charge in [0.2, 0.25) is 0 Å². The molecule has 0 atom stereocenters. The van der Waals surface area contributed by atoms with Crippen molar-refractivity contribution in [2.75, 3.05) is 0 Å². The smallest absolute Gasteiger partial charge is 0.0540 e. The third kappa shape index (κ3) is 2.41. The number of para-hydroxylation sites is 4. The molecule has 6 aromatic rings. The summed E-state index contributed by atoms with van der Waals surface area (Å²) >= 11 is 0. The normalized spacial score (nSPS) is 14.4. The molecule has 2 heterocycles. The van der Waals surface area contributed by atoms with Gasteiger partial charge in [0.25, 0.3) is 0 Å². The first kappa shape index (κ1) is 17.6. The maximum atomic E-state index is 2.46. The first-order valence-corrected chi connectivity index (χ1v) is 11.3. The van der Waals surface area contributed by atoms with Crippen LogP contribution < -0.4 is 0 Å². The van der Waals surface area contributed by atoms with Crippen LogP contribution in [0.25, 0.3) is 55.0 Å². The molecule has 2 aromatic heterocycles. The number of hydrogen-bond acceptors (Lipinski definition) is 0. The Morgan fingerprint density at radius 1 is 0.469 bits per heavy atom. The van der Waals surface area contributed by atoms with Crippen molar-refractivity contribution in [1.29, 1.82) is 0 Å². The van der Waals surface area contributed by atoms with Crippen molar-refractivity contribution in [1.82, 2.24) is 9.13 Å². The fraction of sp³-hybridized carbons (Fsp3) is 0.0667. The number of fused-ring (bicyclic) bond motifs is 6. The summed E-state index contributed by atoms with van der Waals surface area (Å²) in [5.74, 6) is 0. The van der Waals surface area contributed by atoms with Crippen molar-refractivity contribution in [3.05, 3.63) is 109 Å². The number of rotatable bonds is 2. The van der Waals surface area contributed by atoms with Crippen molar-refractivity contribution in [2.45, 2.75) is 12.8 Å². The van der Waals surface area contributed by atoms with Crippen LogP contribution in [0.2, 0.25) is 0 Å². The molecule has 4 aromatic carbocycles. The van der Waals surface area contributed by atoms with Crippen molar-refractivity contribution in [3.63, 3.8) is 0 Å². The molecule has 1 aliphatic rings. The highest BCUT2D eigenvalue weighted by molar-refractivity contribution is 6.12. The van der Waals surface area contributed by atoms with E-state index in [-0.39, 0.29) is 0 Å². The quantitative estimate of drug-likeness (QED) is 0.273. The molecule has 0 bridgehead atoms. The molecule has 0 aliphatic heterocycles. The van der Waals surface area contributed by atoms with Gasteiger partial charge in [-0.3, -0.25) is 0 Å². The number of aromatic nitrogens is 2. The molecule has 2 heteroatoms. The monoisotopic (exact) mass is 410 g/mol. The Morgan fingerprint density at radius 3 is 1.34 bits per heavy atom. The van der Waals surface area contributed by atoms with E-state index in [1.165, 1.54) is 55.0 Å². The molecule has 0 N–H and O–H groups in total. The predicted molar refractivity (Wildman–Crippen MR) is 137 cm³/mol. The molecule has 0 fully saturated rings. The Labute approximate surface area is 186 Å². The van der Waals surface area contributed by atoms with Gasteiger partial charge in [0, 0.05) is 32.9 Å². The van der Waals surface area contributed by atoms with Gasteiger partial charge in [0.15, 0.2) is 0 Å². The Hall–Kier alpha value is -4.04. The van der Waals surface area contributed by atoms with Crippen LogP contribution in [-0.4, -0.2) is 9.13 Å². The Morgan fingerprint density at radius 2 is 0.875 bits per heavy atom. The molecule has 0 amide bonds. The van der Waals surface area contributed by atoms with E-state index >= 15 is 0 Å². The van der Waals surface area contributed by atoms with Crippen LogP contribution in [0.15, 0.2) is 109 Å². The highest BCUT2D eigenvalue weighted by atomic mass is 15.0. The molecule has 2 nitrogen and oxygen atoms in total. The lowest BCUT2D eigenvalue weighted by molar-refractivity contribution is 0.969. The molecule has 32 heavy (non-hydrogen) atoms. The minimum absolute atomic E-state index is 1.03. The molecule has 0 spiro atoms. The summed E-state index contributed by atoms with van der Waals surface area (Å²) in [6, 6.07) is 35.0. The van der Waals surface area contributed by atoms with Crippen LogP contribution in [0.4, 0.5) is 0 Å². The van der Waals surface area contributed by atoms with E-state index in [1.54, 1.807) is 0 Å². The summed E-state index contributed by atoms with van der Waals surface area (Å²) in [4.78, 5) is 0. The SMILES string of the molecule is C1=C(n2c3ccccc3c3ccccc32)C=C(n2c3ccccc3c3ccccc32)CC1. The summed E-state index contributed by atoms with van der Waals surface area (Å²) in [5.41, 5.74) is 7.69. The van der Waals surface area contributed by atoms with Gasteiger partial charge in [0.05, 0.1) is 22.1 Å². The van der Waals surface area contributed by atoms with Crippen LogP contribution in [0.1, 0.15) is 12.8 Å². The zero-order valence-electron chi connectivity index (χ0n) is 17.7. The van der Waals surface area contributed by atoms with E-state index in [1.807, 2.05) is 0 Å². The van der Waals surface area contributed by atoms with Gasteiger partial charge in [-0.15, -0.1) is 0 Å². The van der Waals surface area contributed by atoms with E-state index in [0.717, 1.165) is 12.8 Å². The molecule has 0 saturated heterocycles. The van der Waals surface area contributed by atoms with Gasteiger partial charge in [-0.25, -0.2) is 0 Å². The van der Waals surface area contributed by atoms with Crippen molar-refractivity contribution < 1.29 is 0 Å². The lowest BCUT2D eigenvalue weighted by Crippen LogP contribution is -2.04. The lowest BCUT2D eigenvalue weighted by atomic mass is 10.1. The Kier molecular flexibility index (Phi) is 3.71. The summed E-state index contributed by atoms with van der Waals surface area (Å²) in [6.07, 6.45) is 6.84. The summed E-state index contributed by atoms with van der Waals surface area (Å²) in [7, 11) is 0. The van der Waals surface area contributed by atoms with E-state index in [9.17, 15) is 0 Å². The first-order valence-electron chi connectivity index (χ1n) is 11.3. The Balaban J connectivity index is 1.51. The van der Waals surface area contributed by atoms with Gasteiger partial charge in [-0.1, -0.05) is 78.9 Å². The summed E-state index contributed by atoms with van der Waals surface area (Å²) in [5, 5.41) is 5.25. The predicted octanol–water partition coefficient (Wildman–Crippen LogP) is 8.08. The van der Waals surface area contributed by atoms with Gasteiger partial charge < -0.3 is 9.13 Å². The topological polar surface area (TPSA) is 9.86 Å². The zero-order valence-corrected chi connectivity index (χ0v) is 17.7. The van der Waals surface area contributed by atoms with Gasteiger partial charge >= 0.3 is 0 Å². The second-order valence-corrected chi connectivity index (χ2v) is 8.54. The molecule has 152 valence electrons. The van der Waals surface area contributed by atoms with E-state index in [2.05, 4.69) is 118 Å². The Bertz CT molecular complexity index is 1620. The second kappa shape index (κ2) is 6.73. The maximum Gasteiger partial charge on any atom is 0.0540 e. The number of allylic oxidation sites excluding steroid dienone is 4. The van der Waals surface area contributed by atoms with E-state index in [0.29, 0.717) is 0 Å². The molecule has 0 radical (unpaired) electrons. The van der Waals surface area contributed by atoms with Crippen LogP contribution in [0.3, 0.4) is 0 Å². The van der Waals surface area contributed by atoms with Gasteiger partial charge in [-0.05, 0) is 43.2 Å². The van der Waals surface area contributed by atoms with Crippen LogP contribution in [0.5, 0.6) is 0 Å². The molecular formula is C30H22N2. The molecular weight excluding hydrogens is 388 g/mol. The van der Waals surface area contributed by atoms with Gasteiger partial charge in [0.1, 0.15) is 0 Å². The first-order chi connectivity index (χ1) is 15.9. The van der Waals surface area contributed by atoms with Crippen LogP contribution in [-0.2, 0) is 0 Å². The fourth-order valence-corrected chi connectivity index (χ4v) is 5.43. The third-order valence-electron chi connectivity index (χ3n) is 6.77. The minimum atomic E-state index is 1.03. The standard InChI is InChI=1S/C30H22N2/c1-5-16-27-23(12-1)24-13-2-6-17-28(24)31(27)21-10-9-11-22(20-21)32-29-18-7-3-14-25(29)26-15-4-8-19-30(26)32/h1-8,10,12-20H,9,11H2. The second-order valence-electron chi connectivity index (χ2n) is 8.54. The fourth-order valence-electron chi connectivity index (χ4n) is 5.43. The average molecular weight is 411 g/mol. The molecule has 0 saturated carbocycles. The van der Waals surface area contributed by atoms with Crippen LogP contribution >= 0.6 is 0 Å². The largest absolute Gasteiger partial charge is 0.313 e. The van der Waals surface area contributed by atoms with Crippen molar-refractivity contribution >= 4 is 55.0 Å². The highest BCUT2D eigenvalue weighted by Gasteiger charge is 2.18. The van der Waals surface area contributed by atoms with Crippen LogP contribution in [0, 0.1) is 0 Å². The number of hydrogen-bond donors (Lipinski definition) is 0. The number of benzene rings is 4. The molecule has 0 unspecified atom stereocenters. The van der Waals surface area contributed by atoms with E-state index < -0.39 is 0 Å². The van der Waals surface area contributed by atoms with Gasteiger partial charge in [-0.2, -0.15) is 0 Å². The maximum absolute atomic E-state index is 2.46. The molecule has 7 rings (SSSR count). The average Bonchev–Trinajstić information content (AvgIpc) is 3.37.